The molecular formula is C21H25ClN2OS. The number of hydrogen-bond donors (Lipinski definition) is 2. The van der Waals surface area contributed by atoms with Crippen molar-refractivity contribution in [3.8, 4) is 5.75 Å². The van der Waals surface area contributed by atoms with Crippen LogP contribution in [0.4, 0.5) is 5.69 Å². The lowest BCUT2D eigenvalue weighted by atomic mass is 9.89. The summed E-state index contributed by atoms with van der Waals surface area (Å²) in [4.78, 5) is 0. The molecule has 0 bridgehead atoms. The highest BCUT2D eigenvalue weighted by Crippen LogP contribution is 2.34. The van der Waals surface area contributed by atoms with Gasteiger partial charge >= 0.3 is 0 Å². The molecule has 1 fully saturated rings. The molecule has 2 N–H and O–H groups in total. The summed E-state index contributed by atoms with van der Waals surface area (Å²) in [5, 5.41) is 8.38. The van der Waals surface area contributed by atoms with Crippen molar-refractivity contribution in [2.75, 3.05) is 12.4 Å². The van der Waals surface area contributed by atoms with E-state index in [0.29, 0.717) is 5.11 Å². The molecule has 0 unspecified atom stereocenters. The van der Waals surface area contributed by atoms with Crippen LogP contribution in [0, 0.1) is 0 Å². The molecule has 0 heterocycles. The summed E-state index contributed by atoms with van der Waals surface area (Å²) in [6.45, 7) is 0. The monoisotopic (exact) mass is 388 g/mol. The summed E-state index contributed by atoms with van der Waals surface area (Å²) in [6.07, 6.45) is 6.90. The fourth-order valence-corrected chi connectivity index (χ4v) is 4.06. The number of halogens is 1. The fraction of sp³-hybridized carbons (Fsp3) is 0.381. The predicted molar refractivity (Wildman–Crippen MR) is 113 cm³/mol. The summed E-state index contributed by atoms with van der Waals surface area (Å²) in [6, 6.07) is 15.9. The van der Waals surface area contributed by atoms with Crippen molar-refractivity contribution in [3.05, 3.63) is 59.1 Å². The van der Waals surface area contributed by atoms with Gasteiger partial charge in [0.1, 0.15) is 5.75 Å². The highest BCUT2D eigenvalue weighted by molar-refractivity contribution is 7.80. The van der Waals surface area contributed by atoms with Gasteiger partial charge in [-0.2, -0.15) is 0 Å². The van der Waals surface area contributed by atoms with Crippen LogP contribution in [0.15, 0.2) is 48.5 Å². The molecule has 0 aromatic heterocycles. The number of benzene rings is 2. The molecule has 1 saturated carbocycles. The molecule has 0 spiro atoms. The molecule has 0 saturated heterocycles. The van der Waals surface area contributed by atoms with E-state index in [1.54, 1.807) is 7.11 Å². The first-order chi connectivity index (χ1) is 12.6. The van der Waals surface area contributed by atoms with Crippen LogP contribution in [-0.4, -0.2) is 17.8 Å². The van der Waals surface area contributed by atoms with Crippen LogP contribution in [0.5, 0.6) is 5.75 Å². The maximum atomic E-state index is 5.99. The van der Waals surface area contributed by atoms with Crippen LogP contribution in [0.2, 0.25) is 5.02 Å². The van der Waals surface area contributed by atoms with Gasteiger partial charge in [0, 0.05) is 16.2 Å². The van der Waals surface area contributed by atoms with Gasteiger partial charge in [0.2, 0.25) is 0 Å². The van der Waals surface area contributed by atoms with E-state index >= 15 is 0 Å². The Balaban J connectivity index is 1.59. The first kappa shape index (κ1) is 19.0. The van der Waals surface area contributed by atoms with E-state index < -0.39 is 0 Å². The minimum Gasteiger partial charge on any atom is -0.497 e. The zero-order valence-corrected chi connectivity index (χ0v) is 16.6. The molecule has 0 amide bonds. The van der Waals surface area contributed by atoms with Crippen molar-refractivity contribution in [2.24, 2.45) is 0 Å². The van der Waals surface area contributed by atoms with E-state index in [2.05, 4.69) is 22.8 Å². The molecule has 2 aromatic carbocycles. The van der Waals surface area contributed by atoms with Crippen LogP contribution in [0.25, 0.3) is 0 Å². The number of hydrogen-bond acceptors (Lipinski definition) is 2. The van der Waals surface area contributed by atoms with E-state index in [9.17, 15) is 0 Å². The Morgan fingerprint density at radius 2 is 1.73 bits per heavy atom. The van der Waals surface area contributed by atoms with E-state index in [0.717, 1.165) is 42.1 Å². The van der Waals surface area contributed by atoms with Crippen molar-refractivity contribution in [2.45, 2.75) is 44.1 Å². The number of methoxy groups -OCH3 is 1. The second kappa shape index (κ2) is 8.74. The van der Waals surface area contributed by atoms with Gasteiger partial charge in [-0.1, -0.05) is 36.6 Å². The van der Waals surface area contributed by atoms with Gasteiger partial charge in [0.15, 0.2) is 5.11 Å². The van der Waals surface area contributed by atoms with Gasteiger partial charge in [-0.25, -0.2) is 0 Å². The number of nitrogens with one attached hydrogen (secondary N) is 2. The Labute approximate surface area is 166 Å². The van der Waals surface area contributed by atoms with Crippen molar-refractivity contribution < 1.29 is 4.74 Å². The van der Waals surface area contributed by atoms with Gasteiger partial charge in [0.25, 0.3) is 0 Å². The van der Waals surface area contributed by atoms with Crippen LogP contribution >= 0.6 is 23.8 Å². The summed E-state index contributed by atoms with van der Waals surface area (Å²) in [5.41, 5.74) is 2.36. The summed E-state index contributed by atoms with van der Waals surface area (Å²) in [5.74, 6) is 0.838. The summed E-state index contributed by atoms with van der Waals surface area (Å²) in [7, 11) is 1.67. The Hall–Kier alpha value is -1.78. The molecule has 3 nitrogen and oxygen atoms in total. The van der Waals surface area contributed by atoms with Gasteiger partial charge in [0.05, 0.1) is 7.11 Å². The Morgan fingerprint density at radius 1 is 1.08 bits per heavy atom. The molecule has 138 valence electrons. The number of anilines is 1. The molecule has 2 aromatic rings. The molecule has 3 rings (SSSR count). The highest BCUT2D eigenvalue weighted by Gasteiger charge is 2.34. The second-order valence-corrected chi connectivity index (χ2v) is 7.77. The van der Waals surface area contributed by atoms with E-state index in [1.165, 1.54) is 18.4 Å². The molecule has 0 aliphatic heterocycles. The van der Waals surface area contributed by atoms with E-state index in [-0.39, 0.29) is 5.54 Å². The van der Waals surface area contributed by atoms with Gasteiger partial charge < -0.3 is 15.4 Å². The molecular weight excluding hydrogens is 364 g/mol. The lowest BCUT2D eigenvalue weighted by molar-refractivity contribution is 0.362. The van der Waals surface area contributed by atoms with E-state index in [4.69, 9.17) is 28.6 Å². The van der Waals surface area contributed by atoms with Crippen molar-refractivity contribution in [3.63, 3.8) is 0 Å². The van der Waals surface area contributed by atoms with Crippen LogP contribution < -0.4 is 15.4 Å². The molecule has 0 atom stereocenters. The van der Waals surface area contributed by atoms with Gasteiger partial charge in [-0.05, 0) is 79.9 Å². The highest BCUT2D eigenvalue weighted by atomic mass is 35.5. The minimum absolute atomic E-state index is 0.0796. The zero-order chi connectivity index (χ0) is 18.4. The molecule has 26 heavy (non-hydrogen) atoms. The lowest BCUT2D eigenvalue weighted by Crippen LogP contribution is -2.48. The van der Waals surface area contributed by atoms with Gasteiger partial charge in [-0.3, -0.25) is 0 Å². The zero-order valence-electron chi connectivity index (χ0n) is 15.1. The molecule has 1 aliphatic rings. The average Bonchev–Trinajstić information content (AvgIpc) is 3.10. The second-order valence-electron chi connectivity index (χ2n) is 6.92. The molecule has 1 aliphatic carbocycles. The fourth-order valence-electron chi connectivity index (χ4n) is 3.60. The quantitative estimate of drug-likeness (QED) is 0.633. The Morgan fingerprint density at radius 3 is 2.35 bits per heavy atom. The third-order valence-corrected chi connectivity index (χ3v) is 5.55. The Bertz CT molecular complexity index is 725. The normalized spacial score (nSPS) is 15.5. The largest absolute Gasteiger partial charge is 0.497 e. The average molecular weight is 389 g/mol. The topological polar surface area (TPSA) is 33.3 Å². The van der Waals surface area contributed by atoms with Crippen molar-refractivity contribution >= 4 is 34.6 Å². The number of ether oxygens (including phenoxy) is 1. The number of rotatable bonds is 6. The minimum atomic E-state index is 0.0796. The molecule has 0 radical (unpaired) electrons. The van der Waals surface area contributed by atoms with E-state index in [1.807, 2.05) is 36.4 Å². The summed E-state index contributed by atoms with van der Waals surface area (Å²) < 4.78 is 5.19. The smallest absolute Gasteiger partial charge is 0.171 e. The number of aryl methyl sites for hydroxylation is 1. The predicted octanol–water partition coefficient (Wildman–Crippen LogP) is 5.58. The maximum absolute atomic E-state index is 5.99. The Kier molecular flexibility index (Phi) is 6.38. The van der Waals surface area contributed by atoms with Crippen LogP contribution in [0.3, 0.4) is 0 Å². The van der Waals surface area contributed by atoms with Crippen molar-refractivity contribution in [1.29, 1.82) is 0 Å². The SMILES string of the molecule is COc1ccc(NC(=S)NC2(CCc3ccc(Cl)cc3)CCCC2)cc1. The number of thiocarbonyl (C=S) groups is 1. The first-order valence-electron chi connectivity index (χ1n) is 9.06. The standard InChI is InChI=1S/C21H25ClN2OS/c1-25-19-10-8-18(9-11-19)23-20(26)24-21(13-2-3-14-21)15-12-16-4-6-17(22)7-5-16/h4-11H,2-3,12-15H2,1H3,(H2,23,24,26). The third-order valence-electron chi connectivity index (χ3n) is 5.09. The van der Waals surface area contributed by atoms with Crippen LogP contribution in [-0.2, 0) is 6.42 Å². The van der Waals surface area contributed by atoms with Gasteiger partial charge in [-0.15, -0.1) is 0 Å². The van der Waals surface area contributed by atoms with Crippen molar-refractivity contribution in [1.82, 2.24) is 5.32 Å². The third kappa shape index (κ3) is 5.12. The summed E-state index contributed by atoms with van der Waals surface area (Å²) >= 11 is 11.6. The lowest BCUT2D eigenvalue weighted by Gasteiger charge is -2.32. The van der Waals surface area contributed by atoms with Crippen LogP contribution in [0.1, 0.15) is 37.7 Å². The maximum Gasteiger partial charge on any atom is 0.171 e. The molecule has 5 heteroatoms. The first-order valence-corrected chi connectivity index (χ1v) is 9.85.